The third-order valence-corrected chi connectivity index (χ3v) is 5.85. The van der Waals surface area contributed by atoms with E-state index in [9.17, 15) is 45.3 Å². The standard InChI is InChI=1S/C24H24O14/c1-8(26)35-23-19(33)16(30)14(7-25)37-24(23)38-22-18(32)15-13(6-12(29)21(34-2)17(15)31)36-20(22)9-3-4-10(27)11(28)5-9/h3-6,14,16,19,23-25,27-31,33H,7H2,1-2H3/t14-,16-,19-,23-,24+/m0/s1. The zero-order valence-corrected chi connectivity index (χ0v) is 19.9. The van der Waals surface area contributed by atoms with Gasteiger partial charge in [0.05, 0.1) is 13.7 Å². The van der Waals surface area contributed by atoms with Crippen LogP contribution in [0, 0.1) is 0 Å². The third-order valence-electron chi connectivity index (χ3n) is 5.85. The zero-order chi connectivity index (χ0) is 27.9. The fourth-order valence-corrected chi connectivity index (χ4v) is 4.03. The molecular formula is C24H24O14. The van der Waals surface area contributed by atoms with E-state index in [1.54, 1.807) is 0 Å². The second-order valence-electron chi connectivity index (χ2n) is 8.34. The Morgan fingerprint density at radius 2 is 1.71 bits per heavy atom. The topological polar surface area (TPSA) is 226 Å². The first-order chi connectivity index (χ1) is 18.0. The van der Waals surface area contributed by atoms with Gasteiger partial charge >= 0.3 is 5.97 Å². The van der Waals surface area contributed by atoms with Crippen molar-refractivity contribution in [1.29, 1.82) is 0 Å². The van der Waals surface area contributed by atoms with Gasteiger partial charge in [0.15, 0.2) is 34.9 Å². The average molecular weight is 536 g/mol. The van der Waals surface area contributed by atoms with Crippen LogP contribution in [-0.2, 0) is 14.3 Å². The van der Waals surface area contributed by atoms with Gasteiger partial charge in [-0.3, -0.25) is 9.59 Å². The van der Waals surface area contributed by atoms with Gasteiger partial charge in [0.2, 0.25) is 23.2 Å². The minimum atomic E-state index is -1.81. The number of aliphatic hydroxyl groups excluding tert-OH is 3. The highest BCUT2D eigenvalue weighted by molar-refractivity contribution is 5.91. The molecular weight excluding hydrogens is 512 g/mol. The molecule has 1 fully saturated rings. The van der Waals surface area contributed by atoms with Crippen molar-refractivity contribution in [1.82, 2.24) is 0 Å². The van der Waals surface area contributed by atoms with E-state index in [1.807, 2.05) is 0 Å². The Labute approximate surface area is 213 Å². The number of aromatic hydroxyl groups is 4. The Morgan fingerprint density at radius 1 is 1.00 bits per heavy atom. The van der Waals surface area contributed by atoms with Crippen LogP contribution >= 0.6 is 0 Å². The largest absolute Gasteiger partial charge is 0.504 e. The van der Waals surface area contributed by atoms with Crippen LogP contribution < -0.4 is 14.9 Å². The lowest BCUT2D eigenvalue weighted by atomic mass is 9.99. The molecule has 0 aliphatic carbocycles. The van der Waals surface area contributed by atoms with Gasteiger partial charge in [-0.2, -0.15) is 0 Å². The van der Waals surface area contributed by atoms with Gasteiger partial charge in [0.1, 0.15) is 29.3 Å². The number of fused-ring (bicyclic) bond motifs is 1. The number of phenols is 4. The smallest absolute Gasteiger partial charge is 0.303 e. The average Bonchev–Trinajstić information content (AvgIpc) is 2.86. The number of carbonyl (C=O) groups excluding carboxylic acids is 1. The van der Waals surface area contributed by atoms with Crippen molar-refractivity contribution < 1.29 is 63.9 Å². The highest BCUT2D eigenvalue weighted by Crippen LogP contribution is 2.44. The second kappa shape index (κ2) is 10.3. The van der Waals surface area contributed by atoms with E-state index >= 15 is 0 Å². The van der Waals surface area contributed by atoms with Gasteiger partial charge in [-0.1, -0.05) is 0 Å². The minimum absolute atomic E-state index is 0.0248. The molecule has 2 aromatic carbocycles. The molecule has 1 aliphatic rings. The van der Waals surface area contributed by atoms with Gasteiger partial charge in [-0.15, -0.1) is 0 Å². The van der Waals surface area contributed by atoms with Crippen LogP contribution in [0.5, 0.6) is 34.5 Å². The highest BCUT2D eigenvalue weighted by Gasteiger charge is 2.48. The summed E-state index contributed by atoms with van der Waals surface area (Å²) in [6.07, 6.45) is -8.40. The predicted molar refractivity (Wildman–Crippen MR) is 125 cm³/mol. The number of methoxy groups -OCH3 is 1. The SMILES string of the molecule is COc1c(O)cc2oc(-c3ccc(O)c(O)c3)c(O[C@H]3O[C@@H](CO)[C@H](O)[C@H](O)[C@@H]3OC(C)=O)c(=O)c2c1O. The molecule has 3 aromatic rings. The van der Waals surface area contributed by atoms with Gasteiger partial charge in [-0.25, -0.2) is 0 Å². The molecule has 1 aliphatic heterocycles. The van der Waals surface area contributed by atoms with Crippen molar-refractivity contribution in [2.75, 3.05) is 13.7 Å². The van der Waals surface area contributed by atoms with E-state index in [0.29, 0.717) is 0 Å². The van der Waals surface area contributed by atoms with E-state index < -0.39 is 94.4 Å². The van der Waals surface area contributed by atoms with Crippen LogP contribution in [0.25, 0.3) is 22.3 Å². The van der Waals surface area contributed by atoms with Gasteiger partial charge < -0.3 is 59.1 Å². The van der Waals surface area contributed by atoms with E-state index in [0.717, 1.165) is 32.2 Å². The quantitative estimate of drug-likeness (QED) is 0.163. The Hall–Kier alpha value is -4.24. The lowest BCUT2D eigenvalue weighted by molar-refractivity contribution is -0.282. The lowest BCUT2D eigenvalue weighted by Crippen LogP contribution is -2.61. The molecule has 1 aromatic heterocycles. The summed E-state index contributed by atoms with van der Waals surface area (Å²) < 4.78 is 26.9. The number of hydrogen-bond acceptors (Lipinski definition) is 14. The first-order valence-corrected chi connectivity index (χ1v) is 11.1. The Balaban J connectivity index is 1.96. The molecule has 4 rings (SSSR count). The maximum Gasteiger partial charge on any atom is 0.303 e. The molecule has 38 heavy (non-hydrogen) atoms. The number of phenolic OH excluding ortho intramolecular Hbond substituents is 4. The Kier molecular flexibility index (Phi) is 7.24. The van der Waals surface area contributed by atoms with Crippen molar-refractivity contribution in [2.24, 2.45) is 0 Å². The summed E-state index contributed by atoms with van der Waals surface area (Å²) in [6, 6.07) is 4.34. The maximum absolute atomic E-state index is 13.7. The summed E-state index contributed by atoms with van der Waals surface area (Å²) in [5, 5.41) is 70.4. The summed E-state index contributed by atoms with van der Waals surface area (Å²) in [7, 11) is 1.13. The van der Waals surface area contributed by atoms with Crippen LogP contribution in [0.3, 0.4) is 0 Å². The molecule has 14 nitrogen and oxygen atoms in total. The molecule has 0 amide bonds. The number of esters is 1. The molecule has 0 radical (unpaired) electrons. The Bertz CT molecular complexity index is 1430. The van der Waals surface area contributed by atoms with Crippen LogP contribution in [0.15, 0.2) is 33.5 Å². The lowest BCUT2D eigenvalue weighted by Gasteiger charge is -2.41. The van der Waals surface area contributed by atoms with Crippen LogP contribution in [0.1, 0.15) is 6.92 Å². The summed E-state index contributed by atoms with van der Waals surface area (Å²) in [5.74, 6) is -4.88. The third kappa shape index (κ3) is 4.61. The van der Waals surface area contributed by atoms with Crippen LogP contribution in [0.2, 0.25) is 0 Å². The molecule has 0 bridgehead atoms. The van der Waals surface area contributed by atoms with E-state index in [4.69, 9.17) is 23.4 Å². The molecule has 204 valence electrons. The molecule has 5 atom stereocenters. The molecule has 1 saturated heterocycles. The predicted octanol–water partition coefficient (Wildman–Crippen LogP) is 0.0405. The Morgan fingerprint density at radius 3 is 2.32 bits per heavy atom. The van der Waals surface area contributed by atoms with E-state index in [2.05, 4.69) is 0 Å². The number of benzene rings is 2. The molecule has 14 heteroatoms. The van der Waals surface area contributed by atoms with Crippen LogP contribution in [-0.4, -0.2) is 86.1 Å². The van der Waals surface area contributed by atoms with Crippen LogP contribution in [0.4, 0.5) is 0 Å². The second-order valence-corrected chi connectivity index (χ2v) is 8.34. The number of carbonyl (C=O) groups is 1. The van der Waals surface area contributed by atoms with Gasteiger partial charge in [-0.05, 0) is 18.2 Å². The summed E-state index contributed by atoms with van der Waals surface area (Å²) in [5.41, 5.74) is -1.40. The van der Waals surface area contributed by atoms with Gasteiger partial charge in [0, 0.05) is 18.6 Å². The number of ether oxygens (including phenoxy) is 4. The van der Waals surface area contributed by atoms with Crippen molar-refractivity contribution in [3.8, 4) is 45.8 Å². The maximum atomic E-state index is 13.7. The minimum Gasteiger partial charge on any atom is -0.504 e. The summed E-state index contributed by atoms with van der Waals surface area (Å²) in [6.45, 7) is 0.229. The van der Waals surface area contributed by atoms with Crippen molar-refractivity contribution in [3.05, 3.63) is 34.5 Å². The fourth-order valence-electron chi connectivity index (χ4n) is 4.03. The molecule has 2 heterocycles. The number of aliphatic hydroxyl groups is 3. The normalized spacial score (nSPS) is 23.2. The molecule has 0 unspecified atom stereocenters. The first-order valence-electron chi connectivity index (χ1n) is 11.1. The summed E-state index contributed by atoms with van der Waals surface area (Å²) in [4.78, 5) is 25.3. The van der Waals surface area contributed by atoms with Crippen molar-refractivity contribution in [2.45, 2.75) is 37.6 Å². The van der Waals surface area contributed by atoms with E-state index in [1.165, 1.54) is 6.07 Å². The van der Waals surface area contributed by atoms with Gasteiger partial charge in [0.25, 0.3) is 0 Å². The van der Waals surface area contributed by atoms with Crippen molar-refractivity contribution >= 4 is 16.9 Å². The number of rotatable bonds is 6. The number of hydrogen-bond donors (Lipinski definition) is 7. The molecule has 7 N–H and O–H groups in total. The van der Waals surface area contributed by atoms with E-state index in [-0.39, 0.29) is 11.1 Å². The monoisotopic (exact) mass is 536 g/mol. The fraction of sp³-hybridized carbons (Fsp3) is 0.333. The summed E-state index contributed by atoms with van der Waals surface area (Å²) >= 11 is 0. The van der Waals surface area contributed by atoms with Crippen molar-refractivity contribution in [3.63, 3.8) is 0 Å². The molecule has 0 spiro atoms. The zero-order valence-electron chi connectivity index (χ0n) is 19.9. The first kappa shape index (κ1) is 26.8. The molecule has 0 saturated carbocycles. The highest BCUT2D eigenvalue weighted by atomic mass is 16.7.